The molecular formula is C14H28N2. The van der Waals surface area contributed by atoms with Crippen LogP contribution in [0.2, 0.25) is 0 Å². The van der Waals surface area contributed by atoms with Crippen molar-refractivity contribution in [2.24, 2.45) is 17.6 Å². The summed E-state index contributed by atoms with van der Waals surface area (Å²) < 4.78 is 0. The second-order valence-electron chi connectivity index (χ2n) is 5.77. The Balaban J connectivity index is 1.48. The summed E-state index contributed by atoms with van der Waals surface area (Å²) in [6.07, 6.45) is 11.3. The van der Waals surface area contributed by atoms with Crippen LogP contribution < -0.4 is 5.73 Å². The molecule has 0 bridgehead atoms. The van der Waals surface area contributed by atoms with Crippen LogP contribution >= 0.6 is 0 Å². The van der Waals surface area contributed by atoms with Crippen molar-refractivity contribution in [3.8, 4) is 0 Å². The van der Waals surface area contributed by atoms with Crippen molar-refractivity contribution >= 4 is 0 Å². The van der Waals surface area contributed by atoms with E-state index >= 15 is 0 Å². The maximum absolute atomic E-state index is 5.49. The normalized spacial score (nSPS) is 29.8. The molecule has 2 unspecified atom stereocenters. The number of rotatable bonds is 7. The average molecular weight is 224 g/mol. The van der Waals surface area contributed by atoms with Crippen molar-refractivity contribution in [1.29, 1.82) is 0 Å². The number of hydrogen-bond donors (Lipinski definition) is 1. The molecule has 1 saturated heterocycles. The number of likely N-dealkylation sites (tertiary alicyclic amines) is 1. The lowest BCUT2D eigenvalue weighted by atomic mass is 10.0. The lowest BCUT2D eigenvalue weighted by molar-refractivity contribution is 0.302. The molecule has 1 aliphatic heterocycles. The van der Waals surface area contributed by atoms with Crippen molar-refractivity contribution < 1.29 is 0 Å². The van der Waals surface area contributed by atoms with E-state index < -0.39 is 0 Å². The highest BCUT2D eigenvalue weighted by molar-refractivity contribution is 4.88. The molecule has 2 atom stereocenters. The predicted molar refractivity (Wildman–Crippen MR) is 69.4 cm³/mol. The van der Waals surface area contributed by atoms with E-state index in [1.54, 1.807) is 0 Å². The molecular weight excluding hydrogens is 196 g/mol. The van der Waals surface area contributed by atoms with E-state index in [9.17, 15) is 0 Å². The topological polar surface area (TPSA) is 29.3 Å². The van der Waals surface area contributed by atoms with Gasteiger partial charge >= 0.3 is 0 Å². The molecule has 1 saturated carbocycles. The first kappa shape index (κ1) is 12.4. The third-order valence-corrected chi connectivity index (χ3v) is 4.48. The van der Waals surface area contributed by atoms with Gasteiger partial charge < -0.3 is 10.6 Å². The Kier molecular flexibility index (Phi) is 5.11. The minimum atomic E-state index is 0.871. The van der Waals surface area contributed by atoms with Crippen LogP contribution in [0, 0.1) is 11.8 Å². The Labute approximate surface area is 101 Å². The van der Waals surface area contributed by atoms with E-state index in [-0.39, 0.29) is 0 Å². The Hall–Kier alpha value is -0.0800. The quantitative estimate of drug-likeness (QED) is 0.674. The fraction of sp³-hybridized carbons (Fsp3) is 1.00. The van der Waals surface area contributed by atoms with Crippen LogP contribution in [-0.4, -0.2) is 31.1 Å². The van der Waals surface area contributed by atoms with Crippen LogP contribution in [-0.2, 0) is 0 Å². The van der Waals surface area contributed by atoms with Crippen molar-refractivity contribution in [3.05, 3.63) is 0 Å². The summed E-state index contributed by atoms with van der Waals surface area (Å²) in [5, 5.41) is 0. The van der Waals surface area contributed by atoms with E-state index in [1.807, 2.05) is 0 Å². The lowest BCUT2D eigenvalue weighted by Gasteiger charge is -2.16. The summed E-state index contributed by atoms with van der Waals surface area (Å²) in [6.45, 7) is 5.05. The van der Waals surface area contributed by atoms with Crippen molar-refractivity contribution in [3.63, 3.8) is 0 Å². The molecule has 1 aliphatic carbocycles. The van der Waals surface area contributed by atoms with Gasteiger partial charge in [0.2, 0.25) is 0 Å². The largest absolute Gasteiger partial charge is 0.330 e. The van der Waals surface area contributed by atoms with Gasteiger partial charge in [-0.25, -0.2) is 0 Å². The van der Waals surface area contributed by atoms with E-state index in [4.69, 9.17) is 5.73 Å². The van der Waals surface area contributed by atoms with Gasteiger partial charge in [0.05, 0.1) is 0 Å². The van der Waals surface area contributed by atoms with Gasteiger partial charge in [0.25, 0.3) is 0 Å². The highest BCUT2D eigenvalue weighted by Gasteiger charge is 2.35. The Morgan fingerprint density at radius 3 is 2.19 bits per heavy atom. The molecule has 2 heteroatoms. The Morgan fingerprint density at radius 1 is 0.875 bits per heavy atom. The third-order valence-electron chi connectivity index (χ3n) is 4.48. The van der Waals surface area contributed by atoms with Crippen LogP contribution in [0.5, 0.6) is 0 Å². The number of fused-ring (bicyclic) bond motifs is 1. The summed E-state index contributed by atoms with van der Waals surface area (Å²) in [5.74, 6) is 2.13. The second kappa shape index (κ2) is 6.61. The molecule has 0 spiro atoms. The second-order valence-corrected chi connectivity index (χ2v) is 5.77. The summed E-state index contributed by atoms with van der Waals surface area (Å²) in [4.78, 5) is 2.72. The number of hydrogen-bond acceptors (Lipinski definition) is 2. The zero-order valence-corrected chi connectivity index (χ0v) is 10.7. The van der Waals surface area contributed by atoms with Crippen LogP contribution in [0.4, 0.5) is 0 Å². The van der Waals surface area contributed by atoms with Crippen molar-refractivity contribution in [2.75, 3.05) is 26.2 Å². The predicted octanol–water partition coefficient (Wildman–Crippen LogP) is 2.63. The first-order chi connectivity index (χ1) is 7.90. The maximum Gasteiger partial charge on any atom is 0.00129 e. The zero-order chi connectivity index (χ0) is 11.2. The van der Waals surface area contributed by atoms with Crippen LogP contribution in [0.25, 0.3) is 0 Å². The molecule has 0 aromatic rings. The molecule has 0 aromatic heterocycles. The number of nitrogens with two attached hydrogens (primary N) is 1. The minimum Gasteiger partial charge on any atom is -0.330 e. The van der Waals surface area contributed by atoms with E-state index in [2.05, 4.69) is 4.90 Å². The first-order valence-electron chi connectivity index (χ1n) is 7.32. The summed E-state index contributed by atoms with van der Waals surface area (Å²) in [6, 6.07) is 0. The van der Waals surface area contributed by atoms with Gasteiger partial charge in [-0.2, -0.15) is 0 Å². The molecule has 2 rings (SSSR count). The van der Waals surface area contributed by atoms with Crippen LogP contribution in [0.1, 0.15) is 51.4 Å². The maximum atomic E-state index is 5.49. The molecule has 1 heterocycles. The van der Waals surface area contributed by atoms with Gasteiger partial charge in [-0.1, -0.05) is 25.7 Å². The molecule has 94 valence electrons. The van der Waals surface area contributed by atoms with Crippen LogP contribution in [0.3, 0.4) is 0 Å². The fourth-order valence-corrected chi connectivity index (χ4v) is 3.52. The van der Waals surface area contributed by atoms with Gasteiger partial charge in [0.15, 0.2) is 0 Å². The highest BCUT2D eigenvalue weighted by Crippen LogP contribution is 2.37. The molecule has 0 radical (unpaired) electrons. The third kappa shape index (κ3) is 3.46. The standard InChI is InChI=1S/C14H28N2/c15-9-4-2-1-3-5-10-16-11-13-7-6-8-14(13)12-16/h13-14H,1-12,15H2. The summed E-state index contributed by atoms with van der Waals surface area (Å²) >= 11 is 0. The Bertz CT molecular complexity index is 181. The molecule has 16 heavy (non-hydrogen) atoms. The van der Waals surface area contributed by atoms with Crippen molar-refractivity contribution in [1.82, 2.24) is 4.90 Å². The van der Waals surface area contributed by atoms with Gasteiger partial charge in [-0.15, -0.1) is 0 Å². The lowest BCUT2D eigenvalue weighted by Crippen LogP contribution is -2.22. The molecule has 2 fully saturated rings. The summed E-state index contributed by atoms with van der Waals surface area (Å²) in [7, 11) is 0. The van der Waals surface area contributed by atoms with Crippen molar-refractivity contribution in [2.45, 2.75) is 51.4 Å². The monoisotopic (exact) mass is 224 g/mol. The van der Waals surface area contributed by atoms with Gasteiger partial charge in [-0.3, -0.25) is 0 Å². The molecule has 2 aliphatic rings. The molecule has 2 N–H and O–H groups in total. The zero-order valence-electron chi connectivity index (χ0n) is 10.7. The van der Waals surface area contributed by atoms with Gasteiger partial charge in [-0.05, 0) is 50.6 Å². The molecule has 0 amide bonds. The fourth-order valence-electron chi connectivity index (χ4n) is 3.52. The summed E-state index contributed by atoms with van der Waals surface area (Å²) in [5.41, 5.74) is 5.49. The smallest absolute Gasteiger partial charge is 0.00129 e. The van der Waals surface area contributed by atoms with Crippen LogP contribution in [0.15, 0.2) is 0 Å². The number of unbranched alkanes of at least 4 members (excludes halogenated alkanes) is 4. The Morgan fingerprint density at radius 2 is 1.50 bits per heavy atom. The molecule has 0 aromatic carbocycles. The van der Waals surface area contributed by atoms with E-state index in [0.29, 0.717) is 0 Å². The molecule has 2 nitrogen and oxygen atoms in total. The minimum absolute atomic E-state index is 0.871. The number of nitrogens with zero attached hydrogens (tertiary/aromatic N) is 1. The highest BCUT2D eigenvalue weighted by atomic mass is 15.2. The first-order valence-corrected chi connectivity index (χ1v) is 7.32. The van der Waals surface area contributed by atoms with E-state index in [1.165, 1.54) is 71.0 Å². The van der Waals surface area contributed by atoms with Gasteiger partial charge in [0, 0.05) is 13.1 Å². The average Bonchev–Trinajstić information content (AvgIpc) is 2.83. The van der Waals surface area contributed by atoms with Gasteiger partial charge in [0.1, 0.15) is 0 Å². The SMILES string of the molecule is NCCCCCCCN1CC2CCCC2C1. The van der Waals surface area contributed by atoms with E-state index in [0.717, 1.165) is 18.4 Å².